The first kappa shape index (κ1) is 19.5. The average Bonchev–Trinajstić information content (AvgIpc) is 2.66. The largest absolute Gasteiger partial charge is 0.496 e. The van der Waals surface area contributed by atoms with Gasteiger partial charge in [-0.15, -0.1) is 0 Å². The molecule has 0 aliphatic carbocycles. The Bertz CT molecular complexity index is 677. The number of esters is 1. The van der Waals surface area contributed by atoms with Crippen LogP contribution in [0.5, 0.6) is 11.5 Å². The number of benzene rings is 1. The lowest BCUT2D eigenvalue weighted by molar-refractivity contribution is -0.385. The second-order valence-electron chi connectivity index (χ2n) is 5.81. The third-order valence-electron chi connectivity index (χ3n) is 4.11. The molecule has 0 radical (unpaired) electrons. The molecule has 1 atom stereocenters. The maximum Gasteiger partial charge on any atom is 0.314 e. The molecule has 9 heteroatoms. The number of carbonyl (C=O) groups is 2. The van der Waals surface area contributed by atoms with Crippen molar-refractivity contribution in [2.24, 2.45) is 5.92 Å². The van der Waals surface area contributed by atoms with Crippen molar-refractivity contribution in [3.05, 3.63) is 28.3 Å². The van der Waals surface area contributed by atoms with Gasteiger partial charge in [-0.05, 0) is 31.9 Å². The van der Waals surface area contributed by atoms with Gasteiger partial charge in [0.25, 0.3) is 5.91 Å². The maximum atomic E-state index is 12.4. The van der Waals surface area contributed by atoms with Crippen molar-refractivity contribution in [2.75, 3.05) is 33.4 Å². The van der Waals surface area contributed by atoms with E-state index in [1.807, 2.05) is 0 Å². The maximum absolute atomic E-state index is 12.4. The normalized spacial score (nSPS) is 16.7. The molecule has 1 amide bonds. The standard InChI is InChI=1S/C17H22N2O7/c1-3-25-17(21)12-5-4-8-18(10-12)16(20)11-26-15-7-6-13(24-2)9-14(15)19(22)23/h6-7,9,12H,3-5,8,10-11H2,1-2H3/t12-/m1/s1. The van der Waals surface area contributed by atoms with Crippen molar-refractivity contribution in [3.63, 3.8) is 0 Å². The van der Waals surface area contributed by atoms with E-state index in [9.17, 15) is 19.7 Å². The van der Waals surface area contributed by atoms with Crippen LogP contribution >= 0.6 is 0 Å². The first-order valence-electron chi connectivity index (χ1n) is 8.35. The molecule has 1 saturated heterocycles. The van der Waals surface area contributed by atoms with E-state index in [2.05, 4.69) is 0 Å². The van der Waals surface area contributed by atoms with Crippen LogP contribution in [-0.4, -0.2) is 55.1 Å². The Balaban J connectivity index is 1.98. The molecule has 142 valence electrons. The van der Waals surface area contributed by atoms with Crippen LogP contribution in [0.1, 0.15) is 19.8 Å². The molecule has 0 spiro atoms. The topological polar surface area (TPSA) is 108 Å². The summed E-state index contributed by atoms with van der Waals surface area (Å²) in [5.41, 5.74) is -0.278. The fourth-order valence-corrected chi connectivity index (χ4v) is 2.78. The Morgan fingerprint density at radius 1 is 1.38 bits per heavy atom. The number of nitro benzene ring substituents is 1. The minimum Gasteiger partial charge on any atom is -0.496 e. The number of rotatable bonds is 7. The van der Waals surface area contributed by atoms with E-state index in [1.54, 1.807) is 6.92 Å². The van der Waals surface area contributed by atoms with Crippen LogP contribution in [-0.2, 0) is 14.3 Å². The minimum atomic E-state index is -0.597. The zero-order valence-electron chi connectivity index (χ0n) is 14.8. The van der Waals surface area contributed by atoms with Crippen LogP contribution in [0.25, 0.3) is 0 Å². The van der Waals surface area contributed by atoms with Crippen molar-refractivity contribution in [3.8, 4) is 11.5 Å². The summed E-state index contributed by atoms with van der Waals surface area (Å²) in [6.45, 7) is 2.48. The number of ether oxygens (including phenoxy) is 3. The van der Waals surface area contributed by atoms with E-state index >= 15 is 0 Å². The van der Waals surface area contributed by atoms with E-state index in [0.29, 0.717) is 31.7 Å². The SMILES string of the molecule is CCOC(=O)[C@@H]1CCCN(C(=O)COc2ccc(OC)cc2[N+](=O)[O-])C1. The third kappa shape index (κ3) is 4.84. The number of likely N-dealkylation sites (tertiary alicyclic amines) is 1. The van der Waals surface area contributed by atoms with Gasteiger partial charge in [0.2, 0.25) is 0 Å². The molecule has 1 fully saturated rings. The van der Waals surface area contributed by atoms with Crippen LogP contribution < -0.4 is 9.47 Å². The first-order chi connectivity index (χ1) is 12.5. The summed E-state index contributed by atoms with van der Waals surface area (Å²) in [6, 6.07) is 4.14. The molecule has 0 N–H and O–H groups in total. The Morgan fingerprint density at radius 3 is 2.81 bits per heavy atom. The van der Waals surface area contributed by atoms with Gasteiger partial charge in [0.1, 0.15) is 5.75 Å². The third-order valence-corrected chi connectivity index (χ3v) is 4.11. The zero-order valence-corrected chi connectivity index (χ0v) is 14.8. The number of hydrogen-bond acceptors (Lipinski definition) is 7. The van der Waals surface area contributed by atoms with Gasteiger partial charge in [-0.3, -0.25) is 19.7 Å². The number of nitrogens with zero attached hydrogens (tertiary/aromatic N) is 2. The van der Waals surface area contributed by atoms with Crippen molar-refractivity contribution in [1.29, 1.82) is 0 Å². The highest BCUT2D eigenvalue weighted by atomic mass is 16.6. The number of methoxy groups -OCH3 is 1. The smallest absolute Gasteiger partial charge is 0.314 e. The number of amides is 1. The number of piperidine rings is 1. The van der Waals surface area contributed by atoms with Crippen LogP contribution in [0.3, 0.4) is 0 Å². The quantitative estimate of drug-likeness (QED) is 0.411. The van der Waals surface area contributed by atoms with Crippen LogP contribution in [0.4, 0.5) is 5.69 Å². The van der Waals surface area contributed by atoms with Crippen molar-refractivity contribution >= 4 is 17.6 Å². The van der Waals surface area contributed by atoms with Gasteiger partial charge in [0, 0.05) is 13.1 Å². The van der Waals surface area contributed by atoms with Gasteiger partial charge < -0.3 is 19.1 Å². The van der Waals surface area contributed by atoms with E-state index < -0.39 is 4.92 Å². The van der Waals surface area contributed by atoms with E-state index in [-0.39, 0.29) is 42.4 Å². The molecule has 9 nitrogen and oxygen atoms in total. The lowest BCUT2D eigenvalue weighted by Gasteiger charge is -2.31. The molecular weight excluding hydrogens is 344 g/mol. The van der Waals surface area contributed by atoms with Gasteiger partial charge in [-0.25, -0.2) is 0 Å². The van der Waals surface area contributed by atoms with Gasteiger partial charge in [-0.2, -0.15) is 0 Å². The highest BCUT2D eigenvalue weighted by molar-refractivity contribution is 5.79. The Kier molecular flexibility index (Phi) is 6.76. The van der Waals surface area contributed by atoms with E-state index in [1.165, 1.54) is 30.2 Å². The summed E-state index contributed by atoms with van der Waals surface area (Å²) < 4.78 is 15.3. The number of hydrogen-bond donors (Lipinski definition) is 0. The van der Waals surface area contributed by atoms with E-state index in [4.69, 9.17) is 14.2 Å². The monoisotopic (exact) mass is 366 g/mol. The van der Waals surface area contributed by atoms with Crippen LogP contribution in [0, 0.1) is 16.0 Å². The van der Waals surface area contributed by atoms with Crippen molar-refractivity contribution < 1.29 is 28.7 Å². The molecule has 0 unspecified atom stereocenters. The summed E-state index contributed by atoms with van der Waals surface area (Å²) in [4.78, 5) is 36.3. The summed E-state index contributed by atoms with van der Waals surface area (Å²) in [6.07, 6.45) is 1.37. The Morgan fingerprint density at radius 2 is 2.15 bits per heavy atom. The molecule has 2 rings (SSSR count). The summed E-state index contributed by atoms with van der Waals surface area (Å²) in [5, 5.41) is 11.1. The Labute approximate surface area is 151 Å². The highest BCUT2D eigenvalue weighted by Crippen LogP contribution is 2.31. The fraction of sp³-hybridized carbons (Fsp3) is 0.529. The highest BCUT2D eigenvalue weighted by Gasteiger charge is 2.29. The summed E-state index contributed by atoms with van der Waals surface area (Å²) in [7, 11) is 1.40. The zero-order chi connectivity index (χ0) is 19.1. The van der Waals surface area contributed by atoms with Crippen LogP contribution in [0.2, 0.25) is 0 Å². The average molecular weight is 366 g/mol. The molecule has 1 aliphatic rings. The molecule has 0 bridgehead atoms. The number of nitro groups is 1. The van der Waals surface area contributed by atoms with Gasteiger partial charge >= 0.3 is 11.7 Å². The molecule has 0 aromatic heterocycles. The second-order valence-corrected chi connectivity index (χ2v) is 5.81. The molecule has 1 aromatic rings. The van der Waals surface area contributed by atoms with Gasteiger partial charge in [0.15, 0.2) is 12.4 Å². The Hall–Kier alpha value is -2.84. The summed E-state index contributed by atoms with van der Waals surface area (Å²) in [5.74, 6) is -0.671. The first-order valence-corrected chi connectivity index (χ1v) is 8.35. The van der Waals surface area contributed by atoms with Gasteiger partial charge in [0.05, 0.1) is 30.6 Å². The molecule has 1 aliphatic heterocycles. The molecular formula is C17H22N2O7. The summed E-state index contributed by atoms with van der Waals surface area (Å²) >= 11 is 0. The molecule has 1 heterocycles. The van der Waals surface area contributed by atoms with E-state index in [0.717, 1.165) is 0 Å². The molecule has 0 saturated carbocycles. The van der Waals surface area contributed by atoms with Crippen molar-refractivity contribution in [2.45, 2.75) is 19.8 Å². The number of carbonyl (C=O) groups excluding carboxylic acids is 2. The van der Waals surface area contributed by atoms with Crippen molar-refractivity contribution in [1.82, 2.24) is 4.90 Å². The fourth-order valence-electron chi connectivity index (χ4n) is 2.78. The van der Waals surface area contributed by atoms with Gasteiger partial charge in [-0.1, -0.05) is 0 Å². The lowest BCUT2D eigenvalue weighted by Crippen LogP contribution is -2.44. The predicted octanol–water partition coefficient (Wildman–Crippen LogP) is 1.78. The molecule has 26 heavy (non-hydrogen) atoms. The second kappa shape index (κ2) is 9.02. The minimum absolute atomic E-state index is 0.0110. The lowest BCUT2D eigenvalue weighted by atomic mass is 9.98. The molecule has 1 aromatic carbocycles. The predicted molar refractivity (Wildman–Crippen MR) is 91.1 cm³/mol. The van der Waals surface area contributed by atoms with Crippen LogP contribution in [0.15, 0.2) is 18.2 Å².